The van der Waals surface area contributed by atoms with Gasteiger partial charge in [-0.15, -0.1) is 0 Å². The molecule has 0 unspecified atom stereocenters. The molecule has 1 N–H and O–H groups in total. The number of benzene rings is 4. The van der Waals surface area contributed by atoms with Gasteiger partial charge in [-0.25, -0.2) is 8.42 Å². The largest absolute Gasteiger partial charge is 0.491 e. The summed E-state index contributed by atoms with van der Waals surface area (Å²) < 4.78 is 50.0. The van der Waals surface area contributed by atoms with Gasteiger partial charge in [-0.3, -0.25) is 4.72 Å². The molecule has 0 aliphatic carbocycles. The molecule has 4 aromatic rings. The fraction of sp³-hybridized carbons (Fsp3) is 0.294. The number of nitrogens with zero attached hydrogens (tertiary/aromatic N) is 1. The number of hydrogen-bond donors (Lipinski definition) is 1. The van der Waals surface area contributed by atoms with Crippen molar-refractivity contribution in [3.8, 4) is 17.2 Å². The smallest absolute Gasteiger partial charge is 0.229 e. The highest BCUT2D eigenvalue weighted by molar-refractivity contribution is 7.92. The Labute approximate surface area is 254 Å². The van der Waals surface area contributed by atoms with Crippen molar-refractivity contribution in [3.63, 3.8) is 0 Å². The minimum Gasteiger partial charge on any atom is -0.491 e. The molecule has 0 spiro atoms. The lowest BCUT2D eigenvalue weighted by molar-refractivity contribution is -0.141. The fourth-order valence-corrected chi connectivity index (χ4v) is 5.61. The Morgan fingerprint density at radius 1 is 0.860 bits per heavy atom. The minimum atomic E-state index is -3.41. The summed E-state index contributed by atoms with van der Waals surface area (Å²) >= 11 is 0. The summed E-state index contributed by atoms with van der Waals surface area (Å²) in [4.78, 5) is 2.25. The van der Waals surface area contributed by atoms with Crippen LogP contribution < -0.4 is 19.1 Å². The topological polar surface area (TPSA) is 86.3 Å². The van der Waals surface area contributed by atoms with E-state index in [0.717, 1.165) is 28.6 Å². The van der Waals surface area contributed by atoms with Gasteiger partial charge in [-0.2, -0.15) is 0 Å². The summed E-state index contributed by atoms with van der Waals surface area (Å²) in [5.74, 6) is 1.50. The van der Waals surface area contributed by atoms with E-state index in [1.54, 1.807) is 6.07 Å². The molecule has 1 heterocycles. The van der Waals surface area contributed by atoms with E-state index in [9.17, 15) is 8.42 Å². The molecule has 1 aliphatic heterocycles. The lowest BCUT2D eigenvalue weighted by atomic mass is 10.1. The highest BCUT2D eigenvalue weighted by Crippen LogP contribution is 2.31. The van der Waals surface area contributed by atoms with Crippen molar-refractivity contribution in [2.75, 3.05) is 29.1 Å². The van der Waals surface area contributed by atoms with Gasteiger partial charge in [0.2, 0.25) is 10.0 Å². The molecule has 5 rings (SSSR count). The Balaban J connectivity index is 1.28. The highest BCUT2D eigenvalue weighted by Gasteiger charge is 2.33. The average molecular weight is 603 g/mol. The first-order chi connectivity index (χ1) is 20.5. The SMILES string of the molecule is Cc1c(NS(C)(=O)=O)cccc1N(Cc1ccccc1)Cc1ccc(Oc2cccc(OC[C@H]3COC(C)(C)O3)c2)cc1. The second-order valence-electron chi connectivity index (χ2n) is 11.1. The van der Waals surface area contributed by atoms with Crippen molar-refractivity contribution >= 4 is 21.4 Å². The van der Waals surface area contributed by atoms with Crippen LogP contribution in [0.1, 0.15) is 30.5 Å². The van der Waals surface area contributed by atoms with Crippen LogP contribution in [0.2, 0.25) is 0 Å². The third-order valence-electron chi connectivity index (χ3n) is 7.00. The van der Waals surface area contributed by atoms with Gasteiger partial charge in [0.1, 0.15) is 30.0 Å². The quantitative estimate of drug-likeness (QED) is 0.189. The Bertz CT molecular complexity index is 1620. The van der Waals surface area contributed by atoms with Crippen molar-refractivity contribution in [3.05, 3.63) is 114 Å². The maximum Gasteiger partial charge on any atom is 0.229 e. The summed E-state index contributed by atoms with van der Waals surface area (Å²) in [6, 6.07) is 31.4. The highest BCUT2D eigenvalue weighted by atomic mass is 32.2. The van der Waals surface area contributed by atoms with Crippen LogP contribution in [-0.2, 0) is 32.6 Å². The molecule has 226 valence electrons. The molecule has 1 fully saturated rings. The summed E-state index contributed by atoms with van der Waals surface area (Å²) in [5.41, 5.74) is 4.62. The van der Waals surface area contributed by atoms with Crippen LogP contribution in [0, 0.1) is 6.92 Å². The van der Waals surface area contributed by atoms with Gasteiger partial charge >= 0.3 is 0 Å². The molecule has 1 atom stereocenters. The number of anilines is 2. The van der Waals surface area contributed by atoms with Crippen LogP contribution in [0.5, 0.6) is 17.2 Å². The summed E-state index contributed by atoms with van der Waals surface area (Å²) in [5, 5.41) is 0. The lowest BCUT2D eigenvalue weighted by Crippen LogP contribution is -2.25. The monoisotopic (exact) mass is 602 g/mol. The maximum absolute atomic E-state index is 12.0. The Morgan fingerprint density at radius 3 is 2.21 bits per heavy atom. The molecular weight excluding hydrogens is 564 g/mol. The molecule has 0 saturated carbocycles. The van der Waals surface area contributed by atoms with Crippen LogP contribution in [0.3, 0.4) is 0 Å². The molecule has 43 heavy (non-hydrogen) atoms. The standard InChI is InChI=1S/C34H38N2O6S/c1-25-32(35-43(4,37)38)14-9-15-33(25)36(21-26-10-6-5-7-11-26)22-27-16-18-28(19-17-27)41-30-13-8-12-29(20-30)39-23-31-24-40-34(2,3)42-31/h5-20,31,35H,21-24H2,1-4H3/t31-/m0/s1. The van der Waals surface area contributed by atoms with Crippen LogP contribution in [-0.4, -0.2) is 39.8 Å². The molecule has 1 saturated heterocycles. The van der Waals surface area contributed by atoms with E-state index < -0.39 is 15.8 Å². The van der Waals surface area contributed by atoms with Crippen LogP contribution in [0.25, 0.3) is 0 Å². The van der Waals surface area contributed by atoms with E-state index >= 15 is 0 Å². The van der Waals surface area contributed by atoms with E-state index in [4.69, 9.17) is 18.9 Å². The van der Waals surface area contributed by atoms with Crippen LogP contribution in [0.4, 0.5) is 11.4 Å². The predicted molar refractivity (Wildman–Crippen MR) is 169 cm³/mol. The molecule has 1 aliphatic rings. The number of ether oxygens (including phenoxy) is 4. The second-order valence-corrected chi connectivity index (χ2v) is 12.9. The van der Waals surface area contributed by atoms with Crippen molar-refractivity contribution < 1.29 is 27.4 Å². The van der Waals surface area contributed by atoms with Crippen LogP contribution in [0.15, 0.2) is 97.1 Å². The normalized spacial score (nSPS) is 16.0. The number of rotatable bonds is 12. The van der Waals surface area contributed by atoms with E-state index in [2.05, 4.69) is 21.8 Å². The van der Waals surface area contributed by atoms with Gasteiger partial charge in [0.25, 0.3) is 0 Å². The van der Waals surface area contributed by atoms with E-state index in [1.165, 1.54) is 0 Å². The Morgan fingerprint density at radius 2 is 1.53 bits per heavy atom. The predicted octanol–water partition coefficient (Wildman–Crippen LogP) is 6.90. The third-order valence-corrected chi connectivity index (χ3v) is 7.59. The van der Waals surface area contributed by atoms with Crippen molar-refractivity contribution in [1.29, 1.82) is 0 Å². The van der Waals surface area contributed by atoms with Gasteiger partial charge in [0.05, 0.1) is 18.6 Å². The first-order valence-electron chi connectivity index (χ1n) is 14.2. The zero-order valence-corrected chi connectivity index (χ0v) is 25.8. The first kappa shape index (κ1) is 30.4. The Hall–Kier alpha value is -4.05. The maximum atomic E-state index is 12.0. The summed E-state index contributed by atoms with van der Waals surface area (Å²) in [6.07, 6.45) is 1.05. The number of hydrogen-bond acceptors (Lipinski definition) is 7. The number of sulfonamides is 1. The molecule has 0 amide bonds. The molecule has 0 aromatic heterocycles. The summed E-state index contributed by atoms with van der Waals surface area (Å²) in [6.45, 7) is 7.90. The Kier molecular flexibility index (Phi) is 9.25. The first-order valence-corrected chi connectivity index (χ1v) is 16.1. The molecule has 8 nitrogen and oxygen atoms in total. The van der Waals surface area contributed by atoms with E-state index in [-0.39, 0.29) is 6.10 Å². The zero-order chi connectivity index (χ0) is 30.5. The van der Waals surface area contributed by atoms with Crippen molar-refractivity contribution in [2.45, 2.75) is 45.8 Å². The molecule has 9 heteroatoms. The van der Waals surface area contributed by atoms with Gasteiger partial charge < -0.3 is 23.8 Å². The second kappa shape index (κ2) is 13.1. The van der Waals surface area contributed by atoms with Crippen LogP contribution >= 0.6 is 0 Å². The van der Waals surface area contributed by atoms with Gasteiger partial charge in [0.15, 0.2) is 5.79 Å². The van der Waals surface area contributed by atoms with Gasteiger partial charge in [0, 0.05) is 24.8 Å². The molecule has 0 radical (unpaired) electrons. The average Bonchev–Trinajstić information content (AvgIpc) is 3.32. The zero-order valence-electron chi connectivity index (χ0n) is 24.9. The van der Waals surface area contributed by atoms with Gasteiger partial charge in [-0.05, 0) is 73.9 Å². The number of nitrogens with one attached hydrogen (secondary N) is 1. The van der Waals surface area contributed by atoms with Crippen molar-refractivity contribution in [2.24, 2.45) is 0 Å². The summed E-state index contributed by atoms with van der Waals surface area (Å²) in [7, 11) is -3.41. The fourth-order valence-electron chi connectivity index (χ4n) is 4.99. The van der Waals surface area contributed by atoms with E-state index in [1.807, 2.05) is 99.6 Å². The molecule has 0 bridgehead atoms. The molecule has 4 aromatic carbocycles. The third kappa shape index (κ3) is 8.73. The van der Waals surface area contributed by atoms with E-state index in [0.29, 0.717) is 49.2 Å². The minimum absolute atomic E-state index is 0.115. The van der Waals surface area contributed by atoms with Gasteiger partial charge in [-0.1, -0.05) is 54.6 Å². The lowest BCUT2D eigenvalue weighted by Gasteiger charge is -2.28. The molecular formula is C34H38N2O6S. The van der Waals surface area contributed by atoms with Crippen molar-refractivity contribution in [1.82, 2.24) is 0 Å².